The highest BCUT2D eigenvalue weighted by Crippen LogP contribution is 2.34. The van der Waals surface area contributed by atoms with Crippen LogP contribution >= 0.6 is 11.3 Å². The number of thiophene rings is 1. The van der Waals surface area contributed by atoms with Crippen molar-refractivity contribution >= 4 is 23.2 Å². The lowest BCUT2D eigenvalue weighted by molar-refractivity contribution is -0.136. The highest BCUT2D eigenvalue weighted by atomic mass is 32.1. The summed E-state index contributed by atoms with van der Waals surface area (Å²) in [6, 6.07) is 2.01. The van der Waals surface area contributed by atoms with Crippen LogP contribution in [0.4, 0.5) is 0 Å². The summed E-state index contributed by atoms with van der Waals surface area (Å²) in [7, 11) is 3.56. The Balaban J connectivity index is 1.70. The molecule has 5 heteroatoms. The average Bonchev–Trinajstić information content (AvgIpc) is 2.97. The minimum absolute atomic E-state index is 0.0679. The van der Waals surface area contributed by atoms with Gasteiger partial charge in [0.1, 0.15) is 0 Å². The van der Waals surface area contributed by atoms with E-state index in [0.29, 0.717) is 5.91 Å². The maximum Gasteiger partial charge on any atom is 0.263 e. The molecule has 1 saturated heterocycles. The third kappa shape index (κ3) is 3.05. The van der Waals surface area contributed by atoms with Gasteiger partial charge in [0.05, 0.1) is 4.88 Å². The van der Waals surface area contributed by atoms with Crippen molar-refractivity contribution in [1.82, 2.24) is 9.80 Å². The fraction of sp³-hybridized carbons (Fsp3) is 0.647. The number of aryl methyl sites for hydroxylation is 1. The fourth-order valence-electron chi connectivity index (χ4n) is 3.43. The number of piperidine rings is 1. The third-order valence-electron chi connectivity index (χ3n) is 4.72. The van der Waals surface area contributed by atoms with Gasteiger partial charge in [-0.05, 0) is 50.2 Å². The second-order valence-electron chi connectivity index (χ2n) is 6.58. The second kappa shape index (κ2) is 6.41. The molecule has 120 valence electrons. The first-order valence-electron chi connectivity index (χ1n) is 8.18. The molecule has 1 atom stereocenters. The summed E-state index contributed by atoms with van der Waals surface area (Å²) < 4.78 is 0. The van der Waals surface area contributed by atoms with Gasteiger partial charge in [0.2, 0.25) is 5.91 Å². The Morgan fingerprint density at radius 3 is 2.64 bits per heavy atom. The van der Waals surface area contributed by atoms with Crippen molar-refractivity contribution in [3.05, 3.63) is 21.4 Å². The summed E-state index contributed by atoms with van der Waals surface area (Å²) in [6.07, 6.45) is 6.21. The van der Waals surface area contributed by atoms with Crippen molar-refractivity contribution in [2.24, 2.45) is 5.92 Å². The fourth-order valence-corrected chi connectivity index (χ4v) is 4.66. The molecule has 1 aliphatic heterocycles. The van der Waals surface area contributed by atoms with Gasteiger partial charge in [-0.2, -0.15) is 0 Å². The summed E-state index contributed by atoms with van der Waals surface area (Å²) in [5.74, 6) is 0.512. The van der Waals surface area contributed by atoms with E-state index in [9.17, 15) is 9.59 Å². The van der Waals surface area contributed by atoms with E-state index in [1.54, 1.807) is 30.3 Å². The Bertz CT molecular complexity index is 573. The molecule has 0 saturated carbocycles. The standard InChI is InChI=1S/C17H24N2O2S/c1-18(2)17(21)15-11-13-10-12(6-7-14(13)22-15)16(20)19-8-4-3-5-9-19/h11-12H,3-10H2,1-2H3/t12-/m0/s1. The summed E-state index contributed by atoms with van der Waals surface area (Å²) in [6.45, 7) is 1.85. The molecule has 0 aromatic carbocycles. The van der Waals surface area contributed by atoms with Gasteiger partial charge < -0.3 is 9.80 Å². The van der Waals surface area contributed by atoms with Crippen LogP contribution in [-0.4, -0.2) is 48.8 Å². The first-order chi connectivity index (χ1) is 10.6. The lowest BCUT2D eigenvalue weighted by atomic mass is 9.87. The Morgan fingerprint density at radius 1 is 1.23 bits per heavy atom. The number of rotatable bonds is 2. The maximum absolute atomic E-state index is 12.7. The monoisotopic (exact) mass is 320 g/mol. The molecule has 3 rings (SSSR count). The molecular weight excluding hydrogens is 296 g/mol. The molecule has 0 radical (unpaired) electrons. The third-order valence-corrected chi connectivity index (χ3v) is 5.94. The van der Waals surface area contributed by atoms with Crippen molar-refractivity contribution in [2.45, 2.75) is 38.5 Å². The molecule has 1 aromatic rings. The van der Waals surface area contributed by atoms with Crippen LogP contribution in [0.2, 0.25) is 0 Å². The van der Waals surface area contributed by atoms with Crippen molar-refractivity contribution in [2.75, 3.05) is 27.2 Å². The van der Waals surface area contributed by atoms with Crippen LogP contribution in [0.1, 0.15) is 45.8 Å². The van der Waals surface area contributed by atoms with Gasteiger partial charge in [-0.1, -0.05) is 0 Å². The van der Waals surface area contributed by atoms with E-state index in [4.69, 9.17) is 0 Å². The molecule has 0 spiro atoms. The lowest BCUT2D eigenvalue weighted by Gasteiger charge is -2.31. The number of carbonyl (C=O) groups is 2. The van der Waals surface area contributed by atoms with E-state index in [-0.39, 0.29) is 11.8 Å². The zero-order valence-electron chi connectivity index (χ0n) is 13.4. The Labute approximate surface area is 136 Å². The van der Waals surface area contributed by atoms with Crippen LogP contribution in [-0.2, 0) is 17.6 Å². The SMILES string of the molecule is CN(C)C(=O)c1cc2c(s1)CC[C@H](C(=O)N1CCCCC1)C2. The highest BCUT2D eigenvalue weighted by molar-refractivity contribution is 7.14. The summed E-state index contributed by atoms with van der Waals surface area (Å²) in [5, 5.41) is 0. The van der Waals surface area contributed by atoms with Crippen molar-refractivity contribution in [3.63, 3.8) is 0 Å². The van der Waals surface area contributed by atoms with Crippen LogP contribution < -0.4 is 0 Å². The summed E-state index contributed by atoms with van der Waals surface area (Å²) in [4.78, 5) is 30.5. The topological polar surface area (TPSA) is 40.6 Å². The number of fused-ring (bicyclic) bond motifs is 1. The Kier molecular flexibility index (Phi) is 4.52. The molecule has 1 aromatic heterocycles. The van der Waals surface area contributed by atoms with Crippen molar-refractivity contribution in [1.29, 1.82) is 0 Å². The van der Waals surface area contributed by atoms with Crippen molar-refractivity contribution < 1.29 is 9.59 Å². The molecule has 4 nitrogen and oxygen atoms in total. The normalized spacial score (nSPS) is 21.4. The minimum atomic E-state index is 0.0679. The highest BCUT2D eigenvalue weighted by Gasteiger charge is 2.30. The molecule has 0 bridgehead atoms. The smallest absolute Gasteiger partial charge is 0.263 e. The van der Waals surface area contributed by atoms with Crippen molar-refractivity contribution in [3.8, 4) is 0 Å². The van der Waals surface area contributed by atoms with Crippen LogP contribution in [0.15, 0.2) is 6.07 Å². The van der Waals surface area contributed by atoms with E-state index in [2.05, 4.69) is 4.90 Å². The minimum Gasteiger partial charge on any atom is -0.344 e. The summed E-state index contributed by atoms with van der Waals surface area (Å²) in [5.41, 5.74) is 1.22. The number of amides is 2. The number of hydrogen-bond donors (Lipinski definition) is 0. The van der Waals surface area contributed by atoms with Gasteiger partial charge in [0, 0.05) is 38.0 Å². The number of likely N-dealkylation sites (tertiary alicyclic amines) is 1. The van der Waals surface area contributed by atoms with E-state index in [1.807, 2.05) is 6.07 Å². The van der Waals surface area contributed by atoms with Gasteiger partial charge in [0.15, 0.2) is 0 Å². The Hall–Kier alpha value is -1.36. The largest absolute Gasteiger partial charge is 0.344 e. The lowest BCUT2D eigenvalue weighted by Crippen LogP contribution is -2.41. The van der Waals surface area contributed by atoms with E-state index >= 15 is 0 Å². The Morgan fingerprint density at radius 2 is 1.95 bits per heavy atom. The van der Waals surface area contributed by atoms with Crippen LogP contribution in [0.25, 0.3) is 0 Å². The molecular formula is C17H24N2O2S. The molecule has 0 unspecified atom stereocenters. The van der Waals surface area contributed by atoms with E-state index in [0.717, 1.165) is 50.1 Å². The molecule has 22 heavy (non-hydrogen) atoms. The maximum atomic E-state index is 12.7. The quantitative estimate of drug-likeness (QED) is 0.840. The predicted octanol–water partition coefficient (Wildman–Crippen LogP) is 2.57. The van der Waals surface area contributed by atoms with Gasteiger partial charge >= 0.3 is 0 Å². The number of nitrogens with zero attached hydrogens (tertiary/aromatic N) is 2. The van der Waals surface area contributed by atoms with E-state index in [1.165, 1.54) is 16.9 Å². The zero-order chi connectivity index (χ0) is 15.7. The van der Waals surface area contributed by atoms with Gasteiger partial charge in [-0.25, -0.2) is 0 Å². The van der Waals surface area contributed by atoms with Gasteiger partial charge in [-0.15, -0.1) is 11.3 Å². The number of carbonyl (C=O) groups excluding carboxylic acids is 2. The second-order valence-corrected chi connectivity index (χ2v) is 7.72. The number of hydrogen-bond acceptors (Lipinski definition) is 3. The van der Waals surface area contributed by atoms with Gasteiger partial charge in [0.25, 0.3) is 5.91 Å². The average molecular weight is 320 g/mol. The molecule has 1 fully saturated rings. The van der Waals surface area contributed by atoms with Crippen LogP contribution in [0.3, 0.4) is 0 Å². The van der Waals surface area contributed by atoms with Gasteiger partial charge in [-0.3, -0.25) is 9.59 Å². The molecule has 2 aliphatic rings. The molecule has 2 amide bonds. The first-order valence-corrected chi connectivity index (χ1v) is 9.00. The van der Waals surface area contributed by atoms with E-state index < -0.39 is 0 Å². The summed E-state index contributed by atoms with van der Waals surface area (Å²) >= 11 is 1.60. The molecule has 1 aliphatic carbocycles. The molecule has 0 N–H and O–H groups in total. The van der Waals surface area contributed by atoms with Crippen LogP contribution in [0.5, 0.6) is 0 Å². The molecule has 2 heterocycles. The first kappa shape index (κ1) is 15.5. The predicted molar refractivity (Wildman–Crippen MR) is 88.3 cm³/mol. The van der Waals surface area contributed by atoms with Crippen LogP contribution in [0, 0.1) is 5.92 Å². The zero-order valence-corrected chi connectivity index (χ0v) is 14.2.